The quantitative estimate of drug-likeness (QED) is 0.535. The molecule has 0 bridgehead atoms. The van der Waals surface area contributed by atoms with Crippen LogP contribution >= 0.6 is 23.2 Å². The summed E-state index contributed by atoms with van der Waals surface area (Å²) in [4.78, 5) is 0. The number of fused-ring (bicyclic) bond motifs is 1. The maximum absolute atomic E-state index is 9.54. The number of halogens is 2. The van der Waals surface area contributed by atoms with Gasteiger partial charge in [-0.25, -0.2) is 0 Å². The van der Waals surface area contributed by atoms with Crippen LogP contribution in [0.3, 0.4) is 0 Å². The Morgan fingerprint density at radius 2 is 1.57 bits per heavy atom. The van der Waals surface area contributed by atoms with E-state index in [1.54, 1.807) is 12.1 Å². The normalized spacial score (nSPS) is 10.7. The predicted molar refractivity (Wildman–Crippen MR) is 60.0 cm³/mol. The van der Waals surface area contributed by atoms with Crippen molar-refractivity contribution in [3.63, 3.8) is 0 Å². The van der Waals surface area contributed by atoms with Crippen LogP contribution in [0.5, 0.6) is 5.75 Å². The number of phenols is 1. The Morgan fingerprint density at radius 3 is 2.21 bits per heavy atom. The molecule has 2 nitrogen and oxygen atoms in total. The van der Waals surface area contributed by atoms with E-state index in [-0.39, 0.29) is 16.5 Å². The van der Waals surface area contributed by atoms with Gasteiger partial charge < -0.3 is 10.8 Å². The summed E-state index contributed by atoms with van der Waals surface area (Å²) in [6.45, 7) is 0. The van der Waals surface area contributed by atoms with Crippen LogP contribution in [-0.4, -0.2) is 5.11 Å². The molecule has 0 amide bonds. The topological polar surface area (TPSA) is 46.2 Å². The van der Waals surface area contributed by atoms with Crippen molar-refractivity contribution in [2.45, 2.75) is 0 Å². The fourth-order valence-corrected chi connectivity index (χ4v) is 1.84. The van der Waals surface area contributed by atoms with Crippen LogP contribution in [0.25, 0.3) is 10.8 Å². The molecule has 14 heavy (non-hydrogen) atoms. The second-order valence-corrected chi connectivity index (χ2v) is 3.69. The highest BCUT2D eigenvalue weighted by Crippen LogP contribution is 2.42. The van der Waals surface area contributed by atoms with Crippen molar-refractivity contribution in [1.29, 1.82) is 0 Å². The standard InChI is InChI=1S/C10H7Cl2NO/c11-7-5-3-1-2-4-6(5)9(13)10(14)8(7)12/h1-4,14H,13H2. The second kappa shape index (κ2) is 3.23. The van der Waals surface area contributed by atoms with E-state index in [9.17, 15) is 5.11 Å². The summed E-state index contributed by atoms with van der Waals surface area (Å²) in [6, 6.07) is 7.25. The first kappa shape index (κ1) is 9.44. The molecule has 0 atom stereocenters. The highest BCUT2D eigenvalue weighted by atomic mass is 35.5. The summed E-state index contributed by atoms with van der Waals surface area (Å²) in [5.41, 5.74) is 5.95. The van der Waals surface area contributed by atoms with E-state index in [0.29, 0.717) is 10.4 Å². The van der Waals surface area contributed by atoms with Gasteiger partial charge in [-0.2, -0.15) is 0 Å². The zero-order valence-electron chi connectivity index (χ0n) is 7.09. The molecule has 0 saturated carbocycles. The average molecular weight is 228 g/mol. The van der Waals surface area contributed by atoms with Gasteiger partial charge in [-0.05, 0) is 0 Å². The van der Waals surface area contributed by atoms with Crippen molar-refractivity contribution < 1.29 is 5.11 Å². The minimum Gasteiger partial charge on any atom is -0.504 e. The highest BCUT2D eigenvalue weighted by molar-refractivity contribution is 6.47. The molecule has 0 aromatic heterocycles. The summed E-state index contributed by atoms with van der Waals surface area (Å²) in [5, 5.41) is 11.4. The molecule has 0 aliphatic heterocycles. The van der Waals surface area contributed by atoms with Crippen molar-refractivity contribution in [3.8, 4) is 5.75 Å². The van der Waals surface area contributed by atoms with E-state index in [4.69, 9.17) is 28.9 Å². The van der Waals surface area contributed by atoms with E-state index < -0.39 is 0 Å². The fraction of sp³-hybridized carbons (Fsp3) is 0. The van der Waals surface area contributed by atoms with Crippen LogP contribution in [0.4, 0.5) is 5.69 Å². The minimum atomic E-state index is -0.157. The van der Waals surface area contributed by atoms with Crippen LogP contribution in [0.2, 0.25) is 10.0 Å². The first-order chi connectivity index (χ1) is 6.63. The first-order valence-electron chi connectivity index (χ1n) is 3.97. The number of rotatable bonds is 0. The fourth-order valence-electron chi connectivity index (χ4n) is 1.38. The van der Waals surface area contributed by atoms with E-state index in [1.165, 1.54) is 0 Å². The maximum atomic E-state index is 9.54. The van der Waals surface area contributed by atoms with Gasteiger partial charge in [-0.1, -0.05) is 47.5 Å². The van der Waals surface area contributed by atoms with Gasteiger partial charge in [-0.15, -0.1) is 0 Å². The Hall–Kier alpha value is -1.12. The van der Waals surface area contributed by atoms with E-state index in [1.807, 2.05) is 12.1 Å². The number of hydrogen-bond acceptors (Lipinski definition) is 2. The van der Waals surface area contributed by atoms with Crippen molar-refractivity contribution in [3.05, 3.63) is 34.3 Å². The van der Waals surface area contributed by atoms with Gasteiger partial charge in [0.2, 0.25) is 0 Å². The van der Waals surface area contributed by atoms with Crippen LogP contribution < -0.4 is 5.73 Å². The number of anilines is 1. The number of hydrogen-bond donors (Lipinski definition) is 2. The zero-order valence-corrected chi connectivity index (χ0v) is 8.60. The summed E-state index contributed by atoms with van der Waals surface area (Å²) >= 11 is 11.8. The number of aromatic hydroxyl groups is 1. The number of phenolic OH excluding ortho intramolecular Hbond substituents is 1. The number of nitrogens with two attached hydrogens (primary N) is 1. The van der Waals surface area contributed by atoms with Gasteiger partial charge in [0.1, 0.15) is 5.02 Å². The molecule has 0 aliphatic carbocycles. The van der Waals surface area contributed by atoms with E-state index in [0.717, 1.165) is 5.39 Å². The van der Waals surface area contributed by atoms with Gasteiger partial charge in [0.05, 0.1) is 10.7 Å². The number of nitrogen functional groups attached to an aromatic ring is 1. The highest BCUT2D eigenvalue weighted by Gasteiger charge is 2.13. The Labute approximate surface area is 90.9 Å². The van der Waals surface area contributed by atoms with Crippen molar-refractivity contribution >= 4 is 39.7 Å². The van der Waals surface area contributed by atoms with Gasteiger partial charge in [0.25, 0.3) is 0 Å². The zero-order chi connectivity index (χ0) is 10.3. The summed E-state index contributed by atoms with van der Waals surface area (Å²) < 4.78 is 0. The van der Waals surface area contributed by atoms with Gasteiger partial charge in [0, 0.05) is 10.8 Å². The molecule has 0 saturated heterocycles. The Bertz CT molecular complexity index is 464. The molecule has 2 aromatic carbocycles. The molecule has 0 unspecified atom stereocenters. The summed E-state index contributed by atoms with van der Waals surface area (Å²) in [6.07, 6.45) is 0. The largest absolute Gasteiger partial charge is 0.504 e. The third-order valence-electron chi connectivity index (χ3n) is 2.11. The molecule has 2 rings (SSSR count). The minimum absolute atomic E-state index is 0.0999. The maximum Gasteiger partial charge on any atom is 0.159 e. The predicted octanol–water partition coefficient (Wildman–Crippen LogP) is 3.43. The van der Waals surface area contributed by atoms with Crippen LogP contribution in [0.1, 0.15) is 0 Å². The van der Waals surface area contributed by atoms with Crippen molar-refractivity contribution in [1.82, 2.24) is 0 Å². The molecule has 0 heterocycles. The molecule has 0 fully saturated rings. The van der Waals surface area contributed by atoms with Crippen molar-refractivity contribution in [2.75, 3.05) is 5.73 Å². The lowest BCUT2D eigenvalue weighted by Crippen LogP contribution is -1.89. The van der Waals surface area contributed by atoms with Crippen LogP contribution in [-0.2, 0) is 0 Å². The average Bonchev–Trinajstić information content (AvgIpc) is 2.23. The molecular weight excluding hydrogens is 221 g/mol. The monoisotopic (exact) mass is 227 g/mol. The Balaban J connectivity index is 3.02. The van der Waals surface area contributed by atoms with Crippen LogP contribution in [0.15, 0.2) is 24.3 Å². The van der Waals surface area contributed by atoms with Gasteiger partial charge in [0.15, 0.2) is 5.75 Å². The molecule has 0 aliphatic rings. The second-order valence-electron chi connectivity index (χ2n) is 2.94. The van der Waals surface area contributed by atoms with Gasteiger partial charge in [-0.3, -0.25) is 0 Å². The Morgan fingerprint density at radius 1 is 1.00 bits per heavy atom. The summed E-state index contributed by atoms with van der Waals surface area (Å²) in [7, 11) is 0. The molecule has 0 radical (unpaired) electrons. The summed E-state index contributed by atoms with van der Waals surface area (Å²) in [5.74, 6) is -0.157. The lowest BCUT2D eigenvalue weighted by Gasteiger charge is -2.08. The molecule has 72 valence electrons. The molecule has 2 aromatic rings. The van der Waals surface area contributed by atoms with E-state index in [2.05, 4.69) is 0 Å². The molecule has 0 spiro atoms. The van der Waals surface area contributed by atoms with Crippen LogP contribution in [0, 0.1) is 0 Å². The lowest BCUT2D eigenvalue weighted by atomic mass is 10.1. The third kappa shape index (κ3) is 1.19. The van der Waals surface area contributed by atoms with Gasteiger partial charge >= 0.3 is 0 Å². The lowest BCUT2D eigenvalue weighted by molar-refractivity contribution is 0.479. The smallest absolute Gasteiger partial charge is 0.159 e. The third-order valence-corrected chi connectivity index (χ3v) is 2.97. The molecule has 3 N–H and O–H groups in total. The Kier molecular flexibility index (Phi) is 2.17. The SMILES string of the molecule is Nc1c(O)c(Cl)c(Cl)c2ccccc12. The number of benzene rings is 2. The van der Waals surface area contributed by atoms with E-state index >= 15 is 0 Å². The first-order valence-corrected chi connectivity index (χ1v) is 4.72. The molecular formula is C10H7Cl2NO. The van der Waals surface area contributed by atoms with Crippen molar-refractivity contribution in [2.24, 2.45) is 0 Å². The molecule has 4 heteroatoms.